The fraction of sp³-hybridized carbons (Fsp3) is 0.125. The molecule has 0 bridgehead atoms. The van der Waals surface area contributed by atoms with E-state index in [1.807, 2.05) is 194 Å². The Morgan fingerprint density at radius 2 is 0.847 bits per heavy atom. The second-order valence-corrected chi connectivity index (χ2v) is 39.3. The molecule has 0 fully saturated rings. The number of aromatic carboxylic acids is 3. The number of ketones is 1. The summed E-state index contributed by atoms with van der Waals surface area (Å²) in [5, 5.41) is 105. The zero-order valence-corrected chi connectivity index (χ0v) is 82.4. The van der Waals surface area contributed by atoms with Gasteiger partial charge in [-0.1, -0.05) is 163 Å². The molecule has 3 heterocycles. The number of rotatable bonds is 25. The second-order valence-electron chi connectivity index (χ2n) is 24.9. The molecule has 10 aromatic carbocycles. The van der Waals surface area contributed by atoms with E-state index in [0.717, 1.165) is 71.7 Å². The number of halogens is 7. The Labute approximate surface area is 785 Å². The molecule has 644 valence electrons. The average Bonchev–Trinajstić information content (AvgIpc) is 1.62. The van der Waals surface area contributed by atoms with Crippen LogP contribution in [0.5, 0.6) is 17.2 Å². The fourth-order valence-electron chi connectivity index (χ4n) is 12.8. The van der Waals surface area contributed by atoms with Gasteiger partial charge in [0.25, 0.3) is 11.8 Å². The van der Waals surface area contributed by atoms with E-state index < -0.39 is 61.5 Å². The number of nitrogens with one attached hydrogen (secondary N) is 5. The van der Waals surface area contributed by atoms with Crippen molar-refractivity contribution in [3.63, 3.8) is 0 Å². The van der Waals surface area contributed by atoms with Gasteiger partial charge < -0.3 is 51.2 Å². The van der Waals surface area contributed by atoms with Crippen molar-refractivity contribution in [2.75, 3.05) is 35.6 Å². The third kappa shape index (κ3) is 26.8. The number of nitrogens with two attached hydrogens (primary N) is 1. The molecule has 0 saturated heterocycles. The van der Waals surface area contributed by atoms with Gasteiger partial charge in [0, 0.05) is 99.7 Å². The number of aromatic nitrogens is 3. The van der Waals surface area contributed by atoms with Crippen molar-refractivity contribution in [2.24, 2.45) is 70.5 Å². The summed E-state index contributed by atoms with van der Waals surface area (Å²) in [6, 6.07) is 59.9. The normalized spacial score (nSPS) is 11.9. The molecule has 34 nitrogen and oxygen atoms in total. The van der Waals surface area contributed by atoms with Crippen LogP contribution in [0.2, 0.25) is 20.1 Å². The Hall–Kier alpha value is -10.5. The Balaban J connectivity index is 0.000000229. The van der Waals surface area contributed by atoms with Gasteiger partial charge in [-0.3, -0.25) is 23.5 Å². The summed E-state index contributed by atoms with van der Waals surface area (Å²) in [4.78, 5) is 74.1. The van der Waals surface area contributed by atoms with Gasteiger partial charge in [-0.25, -0.2) is 14.4 Å². The van der Waals surface area contributed by atoms with Crippen molar-refractivity contribution < 1.29 is 103 Å². The van der Waals surface area contributed by atoms with E-state index in [0.29, 0.717) is 88.4 Å². The molecule has 13 rings (SSSR count). The quantitative estimate of drug-likeness (QED) is 0.00631. The van der Waals surface area contributed by atoms with Gasteiger partial charge in [0.1, 0.15) is 33.9 Å². The first kappa shape index (κ1) is 95.7. The van der Waals surface area contributed by atoms with E-state index in [-0.39, 0.29) is 69.0 Å². The molecule has 13 N–H and O–H groups in total. The molecule has 0 saturated carbocycles. The average molecular weight is 2610 g/mol. The molecule has 0 radical (unpaired) electrons. The molecule has 0 spiro atoms. The van der Waals surface area contributed by atoms with Crippen LogP contribution in [0.1, 0.15) is 103 Å². The van der Waals surface area contributed by atoms with E-state index in [2.05, 4.69) is 91.0 Å². The number of carbonyl (C=O) groups is 6. The Bertz CT molecular complexity index is 6500. The molecule has 124 heavy (non-hydrogen) atoms. The van der Waals surface area contributed by atoms with Gasteiger partial charge in [0.05, 0.1) is 47.8 Å². The number of carboxylic acids is 3. The van der Waals surface area contributed by atoms with Crippen molar-refractivity contribution in [3.8, 4) is 17.2 Å². The Morgan fingerprint density at radius 1 is 0.452 bits per heavy atom. The number of carboxylic acid groups (broad SMARTS) is 3. The molecule has 0 aliphatic rings. The summed E-state index contributed by atoms with van der Waals surface area (Å²) in [5.74, 6) is -0.384. The van der Waals surface area contributed by atoms with Crippen molar-refractivity contribution in [1.29, 1.82) is 11.7 Å². The maximum absolute atomic E-state index is 13.8. The van der Waals surface area contributed by atoms with E-state index in [1.165, 1.54) is 36.4 Å². The maximum atomic E-state index is 13.8. The summed E-state index contributed by atoms with van der Waals surface area (Å²) >= 11 is 24.0. The molecule has 0 amide bonds. The first-order valence-electron chi connectivity index (χ1n) is 36.6. The van der Waals surface area contributed by atoms with Crippen molar-refractivity contribution >= 4 is 201 Å². The first-order valence-corrected chi connectivity index (χ1v) is 66.0. The third-order valence-corrected chi connectivity index (χ3v) is 23.5. The molecule has 0 atom stereocenters. The van der Waals surface area contributed by atoms with Crippen LogP contribution >= 0.6 is 104 Å². The van der Waals surface area contributed by atoms with Gasteiger partial charge in [0.2, 0.25) is 0 Å². The van der Waals surface area contributed by atoms with Crippen molar-refractivity contribution in [2.45, 2.75) is 47.6 Å². The number of benzene rings is 10. The number of aromatic hydroxyl groups is 3. The summed E-state index contributed by atoms with van der Waals surface area (Å²) in [6.45, 7) is 7.83. The van der Waals surface area contributed by atoms with Crippen LogP contribution in [0, 0.1) is 30.2 Å². The molecule has 0 aliphatic carbocycles. The summed E-state index contributed by atoms with van der Waals surface area (Å²) in [6.07, 6.45) is 1.18. The predicted octanol–water partition coefficient (Wildman–Crippen LogP) is 22.7. The van der Waals surface area contributed by atoms with E-state index >= 15 is 0 Å². The van der Waals surface area contributed by atoms with Gasteiger partial charge in [-0.2, -0.15) is 0 Å². The summed E-state index contributed by atoms with van der Waals surface area (Å²) in [5.41, 5.74) is 16.4. The topological polar surface area (TPSA) is 509 Å². The number of carbonyl (C=O) groups excluding carboxylic acids is 3. The Kier molecular flexibility index (Phi) is 39.4. The molecule has 3 aromatic heterocycles. The molecule has 13 aromatic rings. The van der Waals surface area contributed by atoms with Gasteiger partial charge in [-0.05, 0) is 140 Å². The summed E-state index contributed by atoms with van der Waals surface area (Å²) in [7, 11) is 0. The van der Waals surface area contributed by atoms with Crippen molar-refractivity contribution in [3.05, 3.63) is 293 Å². The third-order valence-electron chi connectivity index (χ3n) is 18.0. The SMILES string of the molecule is C.Cc1c(C(=O)c2cccc3ccccc23)c2ccccc2n1CCNc1ccc(C(=O)O)c(O)c1.Cc1c(CCNc2ccc(C(=O)O)c(O)c2)c2ccccc2n1C(=O)c1cccc(Cl)c1Cl.Cc1c(CCNc2ccc(O)c(C(=O)O)c2)c2ccccc2n1C(=O)c1cccc(Cl)c1Cl.[2H][W](=[NH])[I].[2H]\[W]([I])=[N]/N=N/N=N/N=N.[2H]\[W]([I])=[N]/N=N/N=N/N=N/N. The Morgan fingerprint density at radius 3 is 1.31 bits per heavy atom. The van der Waals surface area contributed by atoms with Crippen LogP contribution in [0.3, 0.4) is 0 Å². The minimum absolute atomic E-state index is 0. The van der Waals surface area contributed by atoms with Crippen LogP contribution in [0.4, 0.5) is 17.1 Å². The van der Waals surface area contributed by atoms with Crippen molar-refractivity contribution in [1.82, 2.24) is 13.7 Å². The number of hydrogen-bond donors (Lipinski definition) is 12. The van der Waals surface area contributed by atoms with Gasteiger partial charge in [0.15, 0.2) is 5.78 Å². The fourth-order valence-corrected chi connectivity index (χ4v) is 15.3. The molecule has 44 heteroatoms. The number of phenols is 3. The monoisotopic (exact) mass is 2610 g/mol. The second kappa shape index (κ2) is 51.1. The van der Waals surface area contributed by atoms with Crippen LogP contribution in [-0.2, 0) is 63.0 Å². The number of para-hydroxylation sites is 3. The minimum atomic E-state index is -2.28. The number of hydrogen-bond acceptors (Lipinski definition) is 17. The van der Waals surface area contributed by atoms with Crippen LogP contribution in [0.15, 0.2) is 271 Å². The van der Waals surface area contributed by atoms with Crippen LogP contribution < -0.4 is 21.8 Å². The molecule has 0 aliphatic heterocycles. The zero-order valence-electron chi connectivity index (χ0n) is 67.1. The van der Waals surface area contributed by atoms with Gasteiger partial charge in [-0.15, -0.1) is 0 Å². The van der Waals surface area contributed by atoms with Crippen LogP contribution in [0.25, 0.3) is 43.5 Å². The number of anilines is 3. The first-order chi connectivity index (χ1) is 60.3. The van der Waals surface area contributed by atoms with E-state index in [9.17, 15) is 49.2 Å². The molecular formula is C80H75Cl4I3N22O12W3. The summed E-state index contributed by atoms with van der Waals surface area (Å²) < 4.78 is 39.2. The number of fused-ring (bicyclic) bond motifs is 4. The molecule has 0 unspecified atom stereocenters. The standard InChI is InChI=1S/C29H24N2O4.2C25H20Cl2N2O4.CH4.3HI.H2N8.HN7.HN.3W.3H/c1-18-27(28(33)22-11-6-8-19-7-2-3-9-21(19)22)23-10-4-5-12-25(23)31(18)16-15-30-20-13-14-24(29(34)35)26(32)17-20;1-14-16(11-12-28-15-9-10-18(25(32)33)22(30)13-15)17-5-2-3-8-21(17)29(14)24(31)19-6-4-7-20(26)23(19)27;1-14-16(11-12-28-15-9-10-22(30)19(13-15)25(32)33)17-5-2-3-8-21(17)29(14)24(31)18-6-4-7-20(26)23(18)27;;;;;1-3-5-7-8-6-4-2;1-3-5-7-6-4-2;;;;;;;/h2-14,17,30,32H,15-16H2,1H3,(H,34,35);2*2-10,13,28,30H,11-12H2,1H3,(H,32,33);1H4;3*1H;(H2,1,4,5,8);1H;1H;;;;;;/q;;;;;;;;;;3*+1;;;/p-3/b;;;;;;;;3-1?,6-4+,7-5+;;;;;;;/i;;;;;;;;;;;;;3*1+1. The van der Waals surface area contributed by atoms with Gasteiger partial charge >= 0.3 is 202 Å². The van der Waals surface area contributed by atoms with Crippen LogP contribution in [-0.4, -0.2) is 102 Å². The van der Waals surface area contributed by atoms with E-state index in [1.54, 1.807) is 63.7 Å². The molecular weight excluding hydrogens is 2540 g/mol. The number of nitrogens with zero attached hydrogens (tertiary/aromatic N) is 16. The zero-order chi connectivity index (χ0) is 91.8. The van der Waals surface area contributed by atoms with E-state index in [4.69, 9.17) is 68.3 Å². The predicted molar refractivity (Wildman–Crippen MR) is 492 cm³/mol.